The molecule has 2 atom stereocenters. The molecule has 0 N–H and O–H groups in total. The molecule has 0 saturated carbocycles. The molecule has 12 heavy (non-hydrogen) atoms. The van der Waals surface area contributed by atoms with E-state index in [0.717, 1.165) is 19.3 Å². The molecule has 73 valence electrons. The molecule has 0 bridgehead atoms. The molecule has 0 aliphatic rings. The first-order valence-electron chi connectivity index (χ1n) is 4.67. The molecule has 0 aromatic carbocycles. The molecule has 0 aliphatic carbocycles. The van der Waals surface area contributed by atoms with E-state index >= 15 is 0 Å². The zero-order valence-electron chi connectivity index (χ0n) is 8.21. The average molecular weight is 191 g/mol. The molecule has 0 fully saturated rings. The molecule has 0 aliphatic heterocycles. The summed E-state index contributed by atoms with van der Waals surface area (Å²) in [6, 6.07) is 0. The largest absolute Gasteiger partial charge is 0.353 e. The number of rotatable bonds is 7. The third-order valence-corrected chi connectivity index (χ3v) is 1.86. The van der Waals surface area contributed by atoms with Gasteiger partial charge in [-0.1, -0.05) is 32.9 Å². The summed E-state index contributed by atoms with van der Waals surface area (Å²) in [4.78, 5) is 0. The Balaban J connectivity index is 3.53. The highest BCUT2D eigenvalue weighted by Crippen LogP contribution is 2.11. The first-order valence-corrected chi connectivity index (χ1v) is 5.14. The summed E-state index contributed by atoms with van der Waals surface area (Å²) in [6.07, 6.45) is 2.75. The van der Waals surface area contributed by atoms with Crippen LogP contribution in [0.5, 0.6) is 0 Å². The lowest BCUT2D eigenvalue weighted by molar-refractivity contribution is -0.149. The summed E-state index contributed by atoms with van der Waals surface area (Å²) in [5.41, 5.74) is -0.0912. The third-order valence-electron chi connectivity index (χ3n) is 1.51. The van der Waals surface area contributed by atoms with Crippen LogP contribution >= 0.6 is 12.6 Å². The van der Waals surface area contributed by atoms with Gasteiger partial charge < -0.3 is 9.47 Å². The predicted molar refractivity (Wildman–Crippen MR) is 53.1 cm³/mol. The van der Waals surface area contributed by atoms with Gasteiger partial charge in [0.15, 0.2) is 6.29 Å². The molecule has 0 aromatic rings. The maximum atomic E-state index is 5.47. The summed E-state index contributed by atoms with van der Waals surface area (Å²) >= 11 is 5.09. The van der Waals surface area contributed by atoms with E-state index in [0.29, 0.717) is 6.61 Å². The van der Waals surface area contributed by atoms with Crippen LogP contribution in [-0.2, 0) is 9.47 Å². The minimum atomic E-state index is -0.107. The van der Waals surface area contributed by atoms with Crippen molar-refractivity contribution >= 4 is 12.6 Å². The van der Waals surface area contributed by atoms with Crippen molar-refractivity contribution < 1.29 is 9.47 Å². The molecule has 0 saturated heterocycles. The lowest BCUT2D eigenvalue weighted by atomic mass is 10.3. The van der Waals surface area contributed by atoms with E-state index in [1.54, 1.807) is 0 Å². The van der Waals surface area contributed by atoms with Crippen molar-refractivity contribution in [1.29, 1.82) is 0 Å². The Kier molecular flexibility index (Phi) is 8.07. The van der Waals surface area contributed by atoms with Crippen molar-refractivity contribution in [3.05, 3.63) is 0 Å². The monoisotopic (exact) mass is 191 g/mol. The van der Waals surface area contributed by atoms with Crippen LogP contribution in [-0.4, -0.2) is 18.3 Å². The van der Waals surface area contributed by atoms with Crippen molar-refractivity contribution in [2.75, 3.05) is 6.61 Å². The van der Waals surface area contributed by atoms with E-state index in [2.05, 4.69) is 6.92 Å². The second-order valence-electron chi connectivity index (χ2n) is 2.65. The Labute approximate surface area is 81.0 Å². The molecule has 0 aromatic heterocycles. The Hall–Kier alpha value is 0.270. The molecule has 3 heteroatoms. The molecule has 0 rings (SSSR count). The summed E-state index contributed by atoms with van der Waals surface area (Å²) in [6.45, 7) is 6.79. The van der Waals surface area contributed by atoms with Gasteiger partial charge in [-0.25, -0.2) is 0 Å². The van der Waals surface area contributed by atoms with Crippen LogP contribution < -0.4 is 0 Å². The van der Waals surface area contributed by atoms with Crippen LogP contribution in [0.2, 0.25) is 0 Å². The Bertz CT molecular complexity index is 98.5. The van der Waals surface area contributed by atoms with Crippen LogP contribution in [0.3, 0.4) is 0 Å². The second kappa shape index (κ2) is 7.90. The van der Waals surface area contributed by atoms with Crippen LogP contribution in [0.1, 0.15) is 40.0 Å². The van der Waals surface area contributed by atoms with E-state index in [1.807, 2.05) is 13.8 Å². The Morgan fingerprint density at radius 1 is 1.25 bits per heavy atom. The normalized spacial score (nSPS) is 16.0. The molecule has 0 heterocycles. The van der Waals surface area contributed by atoms with E-state index in [-0.39, 0.29) is 11.7 Å². The van der Waals surface area contributed by atoms with E-state index in [1.165, 1.54) is 0 Å². The molecule has 1 radical (unpaired) electrons. The fraction of sp³-hybridized carbons (Fsp3) is 1.00. The highest BCUT2D eigenvalue weighted by molar-refractivity contribution is 7.80. The minimum Gasteiger partial charge on any atom is -0.353 e. The topological polar surface area (TPSA) is 18.5 Å². The first kappa shape index (κ1) is 12.3. The van der Waals surface area contributed by atoms with Gasteiger partial charge in [-0.2, -0.15) is 0 Å². The van der Waals surface area contributed by atoms with Crippen LogP contribution in [0.15, 0.2) is 0 Å². The molecule has 0 amide bonds. The third kappa shape index (κ3) is 5.86. The lowest BCUT2D eigenvalue weighted by Crippen LogP contribution is -2.20. The van der Waals surface area contributed by atoms with E-state index < -0.39 is 0 Å². The molecular weight excluding hydrogens is 172 g/mol. The van der Waals surface area contributed by atoms with Crippen molar-refractivity contribution in [3.63, 3.8) is 0 Å². The predicted octanol–water partition coefficient (Wildman–Crippen LogP) is 3.10. The van der Waals surface area contributed by atoms with Crippen molar-refractivity contribution in [2.45, 2.75) is 51.8 Å². The van der Waals surface area contributed by atoms with E-state index in [4.69, 9.17) is 22.1 Å². The lowest BCUT2D eigenvalue weighted by Gasteiger charge is -2.19. The smallest absolute Gasteiger partial charge is 0.158 e. The summed E-state index contributed by atoms with van der Waals surface area (Å²) in [5, 5.41) is 0. The summed E-state index contributed by atoms with van der Waals surface area (Å²) in [7, 11) is 0. The maximum Gasteiger partial charge on any atom is 0.158 e. The van der Waals surface area contributed by atoms with Gasteiger partial charge in [0.05, 0.1) is 0 Å². The molecule has 0 spiro atoms. The van der Waals surface area contributed by atoms with Gasteiger partial charge in [0.25, 0.3) is 0 Å². The van der Waals surface area contributed by atoms with Gasteiger partial charge >= 0.3 is 0 Å². The quantitative estimate of drug-likeness (QED) is 0.576. The van der Waals surface area contributed by atoms with Gasteiger partial charge in [-0.15, -0.1) is 0 Å². The Morgan fingerprint density at radius 3 is 2.33 bits per heavy atom. The van der Waals surface area contributed by atoms with Crippen molar-refractivity contribution in [1.82, 2.24) is 0 Å². The van der Waals surface area contributed by atoms with Gasteiger partial charge in [0.2, 0.25) is 0 Å². The minimum absolute atomic E-state index is 0.0912. The summed E-state index contributed by atoms with van der Waals surface area (Å²) < 4.78 is 10.8. The number of ether oxygens (including phenoxy) is 2. The van der Waals surface area contributed by atoms with Crippen molar-refractivity contribution in [3.8, 4) is 0 Å². The van der Waals surface area contributed by atoms with Crippen molar-refractivity contribution in [2.24, 2.45) is 0 Å². The van der Waals surface area contributed by atoms with Crippen LogP contribution in [0.4, 0.5) is 0 Å². The fourth-order valence-electron chi connectivity index (χ4n) is 0.912. The average Bonchev–Trinajstić information content (AvgIpc) is 2.04. The number of hydrogen-bond acceptors (Lipinski definition) is 2. The standard InChI is InChI=1S/C9H19O2S/c1-4-7-9(12)11-8(5-2)10-6-3/h8-9H,4-7H2,1-3H3. The molecule has 2 unspecified atom stereocenters. The van der Waals surface area contributed by atoms with Gasteiger partial charge in [-0.05, 0) is 19.8 Å². The highest BCUT2D eigenvalue weighted by atomic mass is 32.1. The van der Waals surface area contributed by atoms with E-state index in [9.17, 15) is 0 Å². The highest BCUT2D eigenvalue weighted by Gasteiger charge is 2.11. The zero-order chi connectivity index (χ0) is 9.40. The Morgan fingerprint density at radius 2 is 1.92 bits per heavy atom. The maximum absolute atomic E-state index is 5.47. The van der Waals surface area contributed by atoms with Gasteiger partial charge in [0.1, 0.15) is 5.44 Å². The van der Waals surface area contributed by atoms with Gasteiger partial charge in [0, 0.05) is 6.61 Å². The second-order valence-corrected chi connectivity index (χ2v) is 3.17. The fourth-order valence-corrected chi connectivity index (χ4v) is 1.27. The van der Waals surface area contributed by atoms with Crippen LogP contribution in [0, 0.1) is 0 Å². The SMILES string of the molecule is CCCC([S])OC(CC)OCC. The number of hydrogen-bond donors (Lipinski definition) is 0. The molecular formula is C9H19O2S. The molecule has 2 nitrogen and oxygen atoms in total. The van der Waals surface area contributed by atoms with Gasteiger partial charge in [-0.3, -0.25) is 0 Å². The first-order chi connectivity index (χ1) is 5.74. The van der Waals surface area contributed by atoms with Crippen LogP contribution in [0.25, 0.3) is 0 Å². The summed E-state index contributed by atoms with van der Waals surface area (Å²) in [5.74, 6) is 0. The zero-order valence-corrected chi connectivity index (χ0v) is 9.02.